The maximum absolute atomic E-state index is 12.4. The lowest BCUT2D eigenvalue weighted by Gasteiger charge is -2.17. The number of carbonyl (C=O) groups is 2. The number of esters is 1. The number of carbonyl (C=O) groups excluding carboxylic acids is 2. The number of anilines is 2. The van der Waals surface area contributed by atoms with Crippen molar-refractivity contribution in [3.05, 3.63) is 47.9 Å². The summed E-state index contributed by atoms with van der Waals surface area (Å²) in [6.45, 7) is 2.99. The monoisotopic (exact) mass is 342 g/mol. The zero-order valence-corrected chi connectivity index (χ0v) is 14.7. The van der Waals surface area contributed by atoms with E-state index in [1.807, 2.05) is 11.9 Å². The van der Waals surface area contributed by atoms with E-state index in [-0.39, 0.29) is 11.6 Å². The summed E-state index contributed by atoms with van der Waals surface area (Å²) in [5.41, 5.74) is 1.27. The third-order valence-corrected chi connectivity index (χ3v) is 3.69. The fourth-order valence-corrected chi connectivity index (χ4v) is 2.19. The van der Waals surface area contributed by atoms with Gasteiger partial charge in [-0.2, -0.15) is 0 Å². The summed E-state index contributed by atoms with van der Waals surface area (Å²) < 4.78 is 4.64. The Hall–Kier alpha value is -2.96. The number of methoxy groups -OCH3 is 1. The van der Waals surface area contributed by atoms with E-state index in [4.69, 9.17) is 0 Å². The average molecular weight is 342 g/mol. The number of nitrogens with zero attached hydrogens (tertiary/aromatic N) is 3. The van der Waals surface area contributed by atoms with Crippen molar-refractivity contribution in [1.82, 2.24) is 9.97 Å². The van der Waals surface area contributed by atoms with Crippen molar-refractivity contribution < 1.29 is 14.3 Å². The van der Waals surface area contributed by atoms with Gasteiger partial charge in [0.1, 0.15) is 17.8 Å². The number of benzene rings is 1. The average Bonchev–Trinajstić information content (AvgIpc) is 2.66. The van der Waals surface area contributed by atoms with E-state index in [0.717, 1.165) is 19.4 Å². The molecule has 132 valence electrons. The van der Waals surface area contributed by atoms with Crippen LogP contribution in [0.5, 0.6) is 0 Å². The van der Waals surface area contributed by atoms with Crippen LogP contribution >= 0.6 is 0 Å². The van der Waals surface area contributed by atoms with Gasteiger partial charge in [-0.1, -0.05) is 13.3 Å². The molecule has 1 N–H and O–H groups in total. The number of unbranched alkanes of at least 4 members (excludes halogenated alkanes) is 1. The molecule has 0 bridgehead atoms. The lowest BCUT2D eigenvalue weighted by atomic mass is 10.2. The van der Waals surface area contributed by atoms with Crippen LogP contribution in [-0.4, -0.2) is 42.5 Å². The quantitative estimate of drug-likeness (QED) is 0.779. The summed E-state index contributed by atoms with van der Waals surface area (Å²) in [6, 6.07) is 8.11. The molecule has 0 aliphatic rings. The Kier molecular flexibility index (Phi) is 6.45. The summed E-state index contributed by atoms with van der Waals surface area (Å²) in [5, 5.41) is 2.75. The van der Waals surface area contributed by atoms with Gasteiger partial charge in [0.25, 0.3) is 5.91 Å². The van der Waals surface area contributed by atoms with E-state index < -0.39 is 5.97 Å². The normalized spacial score (nSPS) is 10.2. The van der Waals surface area contributed by atoms with E-state index in [1.165, 1.54) is 13.4 Å². The van der Waals surface area contributed by atoms with Crippen molar-refractivity contribution in [3.63, 3.8) is 0 Å². The molecule has 0 spiro atoms. The Morgan fingerprint density at radius 1 is 1.20 bits per heavy atom. The summed E-state index contributed by atoms with van der Waals surface area (Å²) in [6.07, 6.45) is 3.52. The van der Waals surface area contributed by atoms with Crippen molar-refractivity contribution in [3.8, 4) is 0 Å². The molecule has 1 heterocycles. The van der Waals surface area contributed by atoms with Crippen LogP contribution < -0.4 is 10.2 Å². The molecule has 0 saturated heterocycles. The highest BCUT2D eigenvalue weighted by Crippen LogP contribution is 2.14. The molecule has 1 amide bonds. The van der Waals surface area contributed by atoms with Crippen LogP contribution in [0.4, 0.5) is 11.5 Å². The van der Waals surface area contributed by atoms with E-state index in [0.29, 0.717) is 17.1 Å². The van der Waals surface area contributed by atoms with Crippen molar-refractivity contribution in [2.75, 3.05) is 30.9 Å². The number of rotatable bonds is 7. The fraction of sp³-hybridized carbons (Fsp3) is 0.333. The predicted octanol–water partition coefficient (Wildman–Crippen LogP) is 2.75. The molecule has 0 saturated carbocycles. The first-order valence-corrected chi connectivity index (χ1v) is 8.08. The van der Waals surface area contributed by atoms with Crippen LogP contribution in [-0.2, 0) is 4.74 Å². The van der Waals surface area contributed by atoms with Gasteiger partial charge in [0.05, 0.1) is 12.7 Å². The Labute approximate surface area is 147 Å². The smallest absolute Gasteiger partial charge is 0.337 e. The van der Waals surface area contributed by atoms with Crippen LogP contribution in [0.2, 0.25) is 0 Å². The lowest BCUT2D eigenvalue weighted by Crippen LogP contribution is -2.21. The molecule has 7 nitrogen and oxygen atoms in total. The van der Waals surface area contributed by atoms with Crippen molar-refractivity contribution in [1.29, 1.82) is 0 Å². The van der Waals surface area contributed by atoms with Crippen LogP contribution in [0.25, 0.3) is 0 Å². The zero-order chi connectivity index (χ0) is 18.2. The molecule has 0 radical (unpaired) electrons. The molecule has 0 fully saturated rings. The van der Waals surface area contributed by atoms with Gasteiger partial charge in [0.15, 0.2) is 0 Å². The first-order valence-electron chi connectivity index (χ1n) is 8.08. The molecule has 0 aliphatic carbocycles. The number of aromatic nitrogens is 2. The molecule has 0 atom stereocenters. The van der Waals surface area contributed by atoms with E-state index in [2.05, 4.69) is 26.9 Å². The fourth-order valence-electron chi connectivity index (χ4n) is 2.19. The number of nitrogens with one attached hydrogen (secondary N) is 1. The van der Waals surface area contributed by atoms with Gasteiger partial charge in [-0.05, 0) is 30.7 Å². The highest BCUT2D eigenvalue weighted by atomic mass is 16.5. The number of hydrogen-bond donors (Lipinski definition) is 1. The van der Waals surface area contributed by atoms with Gasteiger partial charge in [0, 0.05) is 25.3 Å². The summed E-state index contributed by atoms with van der Waals surface area (Å²) >= 11 is 0. The van der Waals surface area contributed by atoms with Crippen molar-refractivity contribution in [2.24, 2.45) is 0 Å². The highest BCUT2D eigenvalue weighted by molar-refractivity contribution is 6.03. The lowest BCUT2D eigenvalue weighted by molar-refractivity contribution is 0.0600. The number of ether oxygens (including phenoxy) is 1. The summed E-state index contributed by atoms with van der Waals surface area (Å²) in [5.74, 6) is -0.0542. The predicted molar refractivity (Wildman–Crippen MR) is 95.9 cm³/mol. The Morgan fingerprint density at radius 2 is 1.92 bits per heavy atom. The Morgan fingerprint density at radius 3 is 2.56 bits per heavy atom. The largest absolute Gasteiger partial charge is 0.465 e. The molecular formula is C18H22N4O3. The summed E-state index contributed by atoms with van der Waals surface area (Å²) in [4.78, 5) is 34.0. The molecule has 0 unspecified atom stereocenters. The van der Waals surface area contributed by atoms with Gasteiger partial charge in [0.2, 0.25) is 0 Å². The van der Waals surface area contributed by atoms with Gasteiger partial charge >= 0.3 is 5.97 Å². The van der Waals surface area contributed by atoms with Gasteiger partial charge < -0.3 is 15.0 Å². The van der Waals surface area contributed by atoms with Gasteiger partial charge in [-0.3, -0.25) is 4.79 Å². The first kappa shape index (κ1) is 18.4. The SMILES string of the molecule is CCCCN(C)c1cc(C(=O)Nc2ccc(C(=O)OC)cc2)ncn1. The Bertz CT molecular complexity index is 731. The second-order valence-corrected chi connectivity index (χ2v) is 5.56. The van der Waals surface area contributed by atoms with E-state index in [9.17, 15) is 9.59 Å². The first-order chi connectivity index (χ1) is 12.0. The van der Waals surface area contributed by atoms with Gasteiger partial charge in [-0.25, -0.2) is 14.8 Å². The minimum Gasteiger partial charge on any atom is -0.465 e. The number of amides is 1. The molecule has 25 heavy (non-hydrogen) atoms. The molecule has 2 aromatic rings. The van der Waals surface area contributed by atoms with E-state index >= 15 is 0 Å². The molecule has 1 aromatic heterocycles. The van der Waals surface area contributed by atoms with Crippen LogP contribution in [0.3, 0.4) is 0 Å². The molecule has 2 rings (SSSR count). The maximum atomic E-state index is 12.4. The number of hydrogen-bond acceptors (Lipinski definition) is 6. The maximum Gasteiger partial charge on any atom is 0.337 e. The second-order valence-electron chi connectivity index (χ2n) is 5.56. The molecule has 7 heteroatoms. The summed E-state index contributed by atoms with van der Waals surface area (Å²) in [7, 11) is 3.26. The van der Waals surface area contributed by atoms with E-state index in [1.54, 1.807) is 30.3 Å². The van der Waals surface area contributed by atoms with Crippen molar-refractivity contribution >= 4 is 23.4 Å². The van der Waals surface area contributed by atoms with Gasteiger partial charge in [-0.15, -0.1) is 0 Å². The van der Waals surface area contributed by atoms with Crippen LogP contribution in [0.1, 0.15) is 40.6 Å². The van der Waals surface area contributed by atoms with Crippen LogP contribution in [0, 0.1) is 0 Å². The second kappa shape index (κ2) is 8.77. The topological polar surface area (TPSA) is 84.4 Å². The van der Waals surface area contributed by atoms with Crippen LogP contribution in [0.15, 0.2) is 36.7 Å². The Balaban J connectivity index is 2.06. The third-order valence-electron chi connectivity index (χ3n) is 3.69. The standard InChI is InChI=1S/C18H22N4O3/c1-4-5-10-22(2)16-11-15(19-12-20-16)17(23)21-14-8-6-13(7-9-14)18(24)25-3/h6-9,11-12H,4-5,10H2,1-3H3,(H,21,23). The third kappa shape index (κ3) is 5.00. The minimum atomic E-state index is -0.423. The minimum absolute atomic E-state index is 0.283. The molecule has 0 aliphatic heterocycles. The van der Waals surface area contributed by atoms with Crippen molar-refractivity contribution in [2.45, 2.75) is 19.8 Å². The molecule has 1 aromatic carbocycles. The molecular weight excluding hydrogens is 320 g/mol. The zero-order valence-electron chi connectivity index (χ0n) is 14.7. The highest BCUT2D eigenvalue weighted by Gasteiger charge is 2.12.